The van der Waals surface area contributed by atoms with Crippen molar-refractivity contribution in [2.24, 2.45) is 4.99 Å². The van der Waals surface area contributed by atoms with Crippen molar-refractivity contribution in [3.05, 3.63) is 144 Å². The molecule has 0 aliphatic carbocycles. The molecule has 0 aromatic heterocycles. The highest BCUT2D eigenvalue weighted by molar-refractivity contribution is 8.15. The molecule has 0 bridgehead atoms. The van der Waals surface area contributed by atoms with Gasteiger partial charge in [0.25, 0.3) is 5.91 Å². The summed E-state index contributed by atoms with van der Waals surface area (Å²) in [6, 6.07) is 37.8. The molecular formula is C30H22N2O2S. The van der Waals surface area contributed by atoms with Gasteiger partial charge in [-0.1, -0.05) is 109 Å². The lowest BCUT2D eigenvalue weighted by atomic mass is 10.0. The third-order valence-corrected chi connectivity index (χ3v) is 6.68. The van der Waals surface area contributed by atoms with Gasteiger partial charge in [0, 0.05) is 16.8 Å². The Balaban J connectivity index is 1.66. The molecule has 1 aliphatic heterocycles. The van der Waals surface area contributed by atoms with E-state index in [1.54, 1.807) is 12.1 Å². The molecule has 0 spiro atoms. The van der Waals surface area contributed by atoms with Crippen LogP contribution in [0.1, 0.15) is 26.3 Å². The number of thioether (sulfide) groups is 1. The first-order chi connectivity index (χ1) is 17.2. The van der Waals surface area contributed by atoms with Crippen molar-refractivity contribution >= 4 is 40.0 Å². The molecule has 35 heavy (non-hydrogen) atoms. The molecule has 0 saturated carbocycles. The van der Waals surface area contributed by atoms with E-state index >= 15 is 0 Å². The van der Waals surface area contributed by atoms with Crippen LogP contribution in [0, 0.1) is 0 Å². The third-order valence-electron chi connectivity index (χ3n) is 5.59. The largest absolute Gasteiger partial charge is 0.293 e. The number of amides is 1. The van der Waals surface area contributed by atoms with Crippen LogP contribution in [0.25, 0.3) is 5.70 Å². The zero-order valence-corrected chi connectivity index (χ0v) is 19.6. The van der Waals surface area contributed by atoms with Crippen molar-refractivity contribution in [2.75, 3.05) is 4.90 Å². The Hall–Kier alpha value is -4.22. The molecule has 5 heteroatoms. The number of nitrogens with zero attached hydrogens (tertiary/aromatic N) is 2. The standard InChI is InChI=1S/C30H22N2O2S/c33-28(23-15-7-2-8-16-23)27-21-26(22-13-5-1-6-14-22)32(25-19-11-4-12-20-25)30(35-27)31-29(34)24-17-9-3-10-18-24/h1-21,27H/t27-/m1/s1. The van der Waals surface area contributed by atoms with Gasteiger partial charge in [-0.25, -0.2) is 0 Å². The lowest BCUT2D eigenvalue weighted by molar-refractivity contribution is 0.0992. The summed E-state index contributed by atoms with van der Waals surface area (Å²) < 4.78 is 0. The molecule has 0 unspecified atom stereocenters. The topological polar surface area (TPSA) is 49.7 Å². The summed E-state index contributed by atoms with van der Waals surface area (Å²) in [5.74, 6) is -0.383. The van der Waals surface area contributed by atoms with Crippen LogP contribution in [0.5, 0.6) is 0 Å². The molecule has 5 rings (SSSR count). The maximum absolute atomic E-state index is 13.5. The molecule has 0 saturated heterocycles. The quantitative estimate of drug-likeness (QED) is 0.301. The minimum Gasteiger partial charge on any atom is -0.293 e. The van der Waals surface area contributed by atoms with Crippen LogP contribution in [-0.4, -0.2) is 22.1 Å². The zero-order chi connectivity index (χ0) is 24.0. The summed E-state index contributed by atoms with van der Waals surface area (Å²) in [6.07, 6.45) is 1.97. The molecule has 4 nitrogen and oxygen atoms in total. The van der Waals surface area contributed by atoms with Gasteiger partial charge in [-0.15, -0.1) is 0 Å². The van der Waals surface area contributed by atoms with Crippen LogP contribution >= 0.6 is 11.8 Å². The summed E-state index contributed by atoms with van der Waals surface area (Å²) in [5, 5.41) is -0.0735. The minimum atomic E-state index is -0.533. The van der Waals surface area contributed by atoms with Crippen LogP contribution in [0.3, 0.4) is 0 Å². The van der Waals surface area contributed by atoms with Gasteiger partial charge in [0.15, 0.2) is 11.0 Å². The molecule has 170 valence electrons. The maximum atomic E-state index is 13.5. The van der Waals surface area contributed by atoms with Gasteiger partial charge in [-0.05, 0) is 35.9 Å². The molecule has 1 atom stereocenters. The monoisotopic (exact) mass is 474 g/mol. The van der Waals surface area contributed by atoms with E-state index in [0.29, 0.717) is 16.3 Å². The summed E-state index contributed by atoms with van der Waals surface area (Å²) >= 11 is 1.29. The number of Topliss-reactive ketones (excluding diaryl/α,β-unsaturated/α-hetero) is 1. The second-order valence-corrected chi connectivity index (χ2v) is 9.03. The number of hydrogen-bond donors (Lipinski definition) is 0. The van der Waals surface area contributed by atoms with E-state index in [9.17, 15) is 9.59 Å². The van der Waals surface area contributed by atoms with Gasteiger partial charge < -0.3 is 0 Å². The van der Waals surface area contributed by atoms with E-state index < -0.39 is 5.25 Å². The van der Waals surface area contributed by atoms with Crippen LogP contribution in [0.4, 0.5) is 5.69 Å². The minimum absolute atomic E-state index is 0.0309. The van der Waals surface area contributed by atoms with Gasteiger partial charge in [-0.2, -0.15) is 4.99 Å². The smallest absolute Gasteiger partial charge is 0.279 e. The predicted molar refractivity (Wildman–Crippen MR) is 144 cm³/mol. The molecule has 1 amide bonds. The molecule has 0 radical (unpaired) electrons. The number of carbonyl (C=O) groups is 2. The number of hydrogen-bond acceptors (Lipinski definition) is 3. The highest BCUT2D eigenvalue weighted by atomic mass is 32.2. The first-order valence-electron chi connectivity index (χ1n) is 11.3. The van der Waals surface area contributed by atoms with Gasteiger partial charge in [0.05, 0.1) is 10.9 Å². The van der Waals surface area contributed by atoms with Crippen molar-refractivity contribution in [1.82, 2.24) is 0 Å². The van der Waals surface area contributed by atoms with Crippen molar-refractivity contribution < 1.29 is 9.59 Å². The molecule has 0 fully saturated rings. The average molecular weight is 475 g/mol. The van der Waals surface area contributed by atoms with Crippen molar-refractivity contribution in [3.8, 4) is 0 Å². The van der Waals surface area contributed by atoms with Gasteiger partial charge >= 0.3 is 0 Å². The van der Waals surface area contributed by atoms with Crippen LogP contribution in [0.15, 0.2) is 132 Å². The third kappa shape index (κ3) is 5.00. The number of aliphatic imine (C=N–C) groups is 1. The summed E-state index contributed by atoms with van der Waals surface area (Å²) in [6.45, 7) is 0. The Bertz CT molecular complexity index is 1390. The summed E-state index contributed by atoms with van der Waals surface area (Å²) in [7, 11) is 0. The zero-order valence-electron chi connectivity index (χ0n) is 18.8. The van der Waals surface area contributed by atoms with E-state index in [1.165, 1.54) is 11.8 Å². The first-order valence-corrected chi connectivity index (χ1v) is 12.1. The number of ketones is 1. The van der Waals surface area contributed by atoms with Crippen molar-refractivity contribution in [2.45, 2.75) is 5.25 Å². The first kappa shape index (κ1) is 22.6. The SMILES string of the molecule is O=C(N=C1S[C@@H](C(=O)c2ccccc2)C=C(c2ccccc2)N1c1ccccc1)c1ccccc1. The second kappa shape index (κ2) is 10.4. The predicted octanol–water partition coefficient (Wildman–Crippen LogP) is 6.73. The van der Waals surface area contributed by atoms with E-state index in [1.807, 2.05) is 120 Å². The van der Waals surface area contributed by atoms with E-state index in [-0.39, 0.29) is 11.7 Å². The number of benzene rings is 4. The lowest BCUT2D eigenvalue weighted by Crippen LogP contribution is -2.36. The van der Waals surface area contributed by atoms with E-state index in [2.05, 4.69) is 4.99 Å². The fraction of sp³-hybridized carbons (Fsp3) is 0.0333. The Morgan fingerprint density at radius 2 is 1.17 bits per heavy atom. The highest BCUT2D eigenvalue weighted by Gasteiger charge is 2.33. The fourth-order valence-corrected chi connectivity index (χ4v) is 5.00. The fourth-order valence-electron chi connectivity index (χ4n) is 3.89. The van der Waals surface area contributed by atoms with E-state index in [4.69, 9.17) is 0 Å². The normalized spacial score (nSPS) is 16.6. The summed E-state index contributed by atoms with van der Waals surface area (Å²) in [4.78, 5) is 33.1. The molecular weight excluding hydrogens is 452 g/mol. The molecule has 4 aromatic carbocycles. The Labute approximate surface area is 208 Å². The van der Waals surface area contributed by atoms with Gasteiger partial charge in [0.2, 0.25) is 0 Å². The van der Waals surface area contributed by atoms with Crippen LogP contribution in [-0.2, 0) is 0 Å². The lowest BCUT2D eigenvalue weighted by Gasteiger charge is -2.34. The molecule has 1 heterocycles. The number of anilines is 1. The van der Waals surface area contributed by atoms with Crippen LogP contribution < -0.4 is 4.90 Å². The van der Waals surface area contributed by atoms with Gasteiger partial charge in [0.1, 0.15) is 0 Å². The highest BCUT2D eigenvalue weighted by Crippen LogP contribution is 2.38. The Kier molecular flexibility index (Phi) is 6.68. The number of carbonyl (C=O) groups excluding carboxylic acids is 2. The molecule has 4 aromatic rings. The summed E-state index contributed by atoms with van der Waals surface area (Å²) in [5.41, 5.74) is 3.72. The maximum Gasteiger partial charge on any atom is 0.279 e. The Morgan fingerprint density at radius 1 is 0.657 bits per heavy atom. The van der Waals surface area contributed by atoms with Crippen molar-refractivity contribution in [3.63, 3.8) is 0 Å². The average Bonchev–Trinajstić information content (AvgIpc) is 2.94. The number of rotatable bonds is 5. The number of para-hydroxylation sites is 1. The van der Waals surface area contributed by atoms with E-state index in [0.717, 1.165) is 16.9 Å². The van der Waals surface area contributed by atoms with Gasteiger partial charge in [-0.3, -0.25) is 14.5 Å². The molecule has 1 aliphatic rings. The molecule has 0 N–H and O–H groups in total. The number of amidine groups is 1. The van der Waals surface area contributed by atoms with Crippen molar-refractivity contribution in [1.29, 1.82) is 0 Å². The Morgan fingerprint density at radius 3 is 1.77 bits per heavy atom. The van der Waals surface area contributed by atoms with Crippen LogP contribution in [0.2, 0.25) is 0 Å². The second-order valence-electron chi connectivity index (χ2n) is 7.92.